The van der Waals surface area contributed by atoms with Gasteiger partial charge in [-0.3, -0.25) is 4.79 Å². The van der Waals surface area contributed by atoms with Gasteiger partial charge in [-0.1, -0.05) is 40.5 Å². The van der Waals surface area contributed by atoms with E-state index >= 15 is 0 Å². The molecule has 4 aliphatic rings. The highest BCUT2D eigenvalue weighted by atomic mass is 19.4. The molecule has 10 nitrogen and oxygen atoms in total. The first kappa shape index (κ1) is 33.3. The first-order valence-corrected chi connectivity index (χ1v) is 16.7. The second-order valence-electron chi connectivity index (χ2n) is 14.6. The molecule has 6 rings (SSSR count). The van der Waals surface area contributed by atoms with E-state index in [0.717, 1.165) is 44.8 Å². The molecule has 2 bridgehead atoms. The van der Waals surface area contributed by atoms with Crippen LogP contribution in [-0.2, 0) is 20.7 Å². The molecular formula is C34H43F3N4O6. The third kappa shape index (κ3) is 7.13. The van der Waals surface area contributed by atoms with Gasteiger partial charge in [-0.15, -0.1) is 13.2 Å². The lowest BCUT2D eigenvalue weighted by atomic mass is 9.85. The van der Waals surface area contributed by atoms with E-state index < -0.39 is 53.6 Å². The van der Waals surface area contributed by atoms with Gasteiger partial charge in [-0.25, -0.2) is 14.8 Å². The van der Waals surface area contributed by atoms with Gasteiger partial charge in [0.05, 0.1) is 23.6 Å². The molecule has 3 heterocycles. The van der Waals surface area contributed by atoms with E-state index in [1.54, 1.807) is 0 Å². The molecule has 0 spiro atoms. The number of carbonyl (C=O) groups is 3. The van der Waals surface area contributed by atoms with Crippen LogP contribution in [0.5, 0.6) is 11.6 Å². The van der Waals surface area contributed by atoms with Gasteiger partial charge in [0.25, 0.3) is 0 Å². The number of aromatic nitrogens is 2. The highest BCUT2D eigenvalue weighted by Crippen LogP contribution is 2.57. The zero-order chi connectivity index (χ0) is 33.7. The number of hydrogen-bond donors (Lipinski definition) is 1. The first-order valence-electron chi connectivity index (χ1n) is 16.7. The van der Waals surface area contributed by atoms with Crippen LogP contribution in [0.1, 0.15) is 78.3 Å². The highest BCUT2D eigenvalue weighted by molar-refractivity contribution is 5.89. The minimum absolute atomic E-state index is 0.0501. The summed E-state index contributed by atoms with van der Waals surface area (Å²) < 4.78 is 55.5. The number of benzene rings is 1. The van der Waals surface area contributed by atoms with E-state index in [1.165, 1.54) is 23.1 Å². The van der Waals surface area contributed by atoms with E-state index in [2.05, 4.69) is 15.0 Å². The van der Waals surface area contributed by atoms with Crippen molar-refractivity contribution in [1.29, 1.82) is 0 Å². The molecule has 13 heteroatoms. The number of halogens is 3. The van der Waals surface area contributed by atoms with Gasteiger partial charge < -0.3 is 29.2 Å². The average molecular weight is 661 g/mol. The number of ether oxygens (including phenoxy) is 3. The molecule has 0 radical (unpaired) electrons. The van der Waals surface area contributed by atoms with Gasteiger partial charge in [0.1, 0.15) is 36.0 Å². The van der Waals surface area contributed by atoms with Crippen molar-refractivity contribution in [3.8, 4) is 11.6 Å². The number of alkyl halides is 3. The zero-order valence-electron chi connectivity index (χ0n) is 27.2. The average Bonchev–Trinajstić information content (AvgIpc) is 3.53. The molecule has 1 aromatic carbocycles. The van der Waals surface area contributed by atoms with Gasteiger partial charge in [0.15, 0.2) is 0 Å². The molecule has 1 saturated heterocycles. The topological polar surface area (TPSA) is 120 Å². The molecule has 2 saturated carbocycles. The summed E-state index contributed by atoms with van der Waals surface area (Å²) in [5.41, 5.74) is 0.435. The van der Waals surface area contributed by atoms with Crippen molar-refractivity contribution in [3.05, 3.63) is 23.9 Å². The van der Waals surface area contributed by atoms with E-state index in [9.17, 15) is 27.6 Å². The number of nitrogens with zero attached hydrogens (tertiary/aromatic N) is 3. The van der Waals surface area contributed by atoms with Crippen molar-refractivity contribution in [3.63, 3.8) is 0 Å². The second-order valence-corrected chi connectivity index (χ2v) is 14.6. The Morgan fingerprint density at radius 3 is 2.51 bits per heavy atom. The standard InChI is InChI=1S/C34H43F3N4O6/c1-5-20-26(17-42)41-16-28(20)45-30-24(38-23-12-11-19(15-25(23)39-30)47-34(35,36)37)10-8-6-7-9-21-22-13-18(22)14-27(21)46-32(44)40-29(31(41)43)33(2,3)4/h11-12,15,17-18,20-22,26-29H,5-10,13-14,16H2,1-4H3,(H,40,44)/t18?,20-,21+,22?,26+,27+,28-,29+/m0/s1. The van der Waals surface area contributed by atoms with Crippen molar-refractivity contribution in [1.82, 2.24) is 20.2 Å². The first-order chi connectivity index (χ1) is 22.3. The van der Waals surface area contributed by atoms with Crippen LogP contribution < -0.4 is 14.8 Å². The quantitative estimate of drug-likeness (QED) is 0.399. The van der Waals surface area contributed by atoms with Crippen LogP contribution in [0.25, 0.3) is 11.0 Å². The summed E-state index contributed by atoms with van der Waals surface area (Å²) in [5, 5.41) is 2.85. The van der Waals surface area contributed by atoms with Crippen LogP contribution in [0.15, 0.2) is 18.2 Å². The van der Waals surface area contributed by atoms with E-state index in [0.29, 0.717) is 35.9 Å². The Morgan fingerprint density at radius 1 is 1.02 bits per heavy atom. The molecule has 2 amide bonds. The second kappa shape index (κ2) is 12.8. The number of aryl methyl sites for hydroxylation is 1. The van der Waals surface area contributed by atoms with Crippen LogP contribution in [-0.4, -0.2) is 70.4 Å². The van der Waals surface area contributed by atoms with Crippen LogP contribution in [0.4, 0.5) is 18.0 Å². The molecule has 1 aromatic heterocycles. The van der Waals surface area contributed by atoms with Crippen LogP contribution in [0.2, 0.25) is 0 Å². The molecule has 3 fully saturated rings. The molecular weight excluding hydrogens is 617 g/mol. The fourth-order valence-electron chi connectivity index (χ4n) is 7.90. The summed E-state index contributed by atoms with van der Waals surface area (Å²) in [4.78, 5) is 50.8. The number of carbonyl (C=O) groups excluding carboxylic acids is 3. The molecule has 1 N–H and O–H groups in total. The van der Waals surface area contributed by atoms with Crippen LogP contribution >= 0.6 is 0 Å². The molecule has 47 heavy (non-hydrogen) atoms. The fourth-order valence-corrected chi connectivity index (χ4v) is 7.90. The maximum absolute atomic E-state index is 14.2. The van der Waals surface area contributed by atoms with Gasteiger partial charge >= 0.3 is 12.5 Å². The van der Waals surface area contributed by atoms with Crippen molar-refractivity contribution in [2.75, 3.05) is 6.54 Å². The van der Waals surface area contributed by atoms with Crippen LogP contribution in [0, 0.1) is 29.1 Å². The number of fused-ring (bicyclic) bond motifs is 7. The smallest absolute Gasteiger partial charge is 0.471 e. The largest absolute Gasteiger partial charge is 0.573 e. The third-order valence-corrected chi connectivity index (χ3v) is 10.3. The van der Waals surface area contributed by atoms with Crippen LogP contribution in [0.3, 0.4) is 0 Å². The molecule has 2 aromatic rings. The monoisotopic (exact) mass is 660 g/mol. The number of rotatable bonds is 3. The molecule has 2 aliphatic carbocycles. The highest BCUT2D eigenvalue weighted by Gasteiger charge is 2.55. The Labute approximate surface area is 272 Å². The summed E-state index contributed by atoms with van der Waals surface area (Å²) in [6.07, 6.45) is 0.921. The lowest BCUT2D eigenvalue weighted by Crippen LogP contribution is -2.56. The van der Waals surface area contributed by atoms with Gasteiger partial charge in [0.2, 0.25) is 11.8 Å². The summed E-state index contributed by atoms with van der Waals surface area (Å²) in [5.74, 6) is 0.316. The minimum atomic E-state index is -4.87. The predicted molar refractivity (Wildman–Crippen MR) is 165 cm³/mol. The fraction of sp³-hybridized carbons (Fsp3) is 0.676. The van der Waals surface area contributed by atoms with Gasteiger partial charge in [-0.2, -0.15) is 0 Å². The maximum atomic E-state index is 14.2. The number of aldehydes is 1. The molecule has 2 aliphatic heterocycles. The summed E-state index contributed by atoms with van der Waals surface area (Å²) in [6, 6.07) is 2.03. The van der Waals surface area contributed by atoms with E-state index in [1.807, 2.05) is 27.7 Å². The Balaban J connectivity index is 1.36. The lowest BCUT2D eigenvalue weighted by molar-refractivity contribution is -0.274. The van der Waals surface area contributed by atoms with Crippen molar-refractivity contribution < 1.29 is 41.8 Å². The van der Waals surface area contributed by atoms with Crippen molar-refractivity contribution >= 4 is 29.3 Å². The third-order valence-electron chi connectivity index (χ3n) is 10.3. The molecule has 256 valence electrons. The minimum Gasteiger partial charge on any atom is -0.471 e. The Bertz CT molecular complexity index is 1510. The zero-order valence-corrected chi connectivity index (χ0v) is 27.2. The van der Waals surface area contributed by atoms with E-state index in [4.69, 9.17) is 14.5 Å². The SMILES string of the molecule is CC[C@@H]1[C@@H]2CN(C(=O)[C@H](C(C)(C)C)NC(=O)O[C@@H]3CC4CC4[C@H]3CCCCCc3nc4ccc(OC(F)(F)F)cc4nc3O2)[C@@H]1C=O. The lowest BCUT2D eigenvalue weighted by Gasteiger charge is -2.35. The Morgan fingerprint density at radius 2 is 1.81 bits per heavy atom. The van der Waals surface area contributed by atoms with Crippen molar-refractivity contribution in [2.24, 2.45) is 29.1 Å². The summed E-state index contributed by atoms with van der Waals surface area (Å²) in [6.45, 7) is 7.49. The Kier molecular flexibility index (Phi) is 9.03. The number of alkyl carbamates (subject to hydrolysis) is 1. The maximum Gasteiger partial charge on any atom is 0.573 e. The van der Waals surface area contributed by atoms with Crippen molar-refractivity contribution in [2.45, 2.75) is 110 Å². The predicted octanol–water partition coefficient (Wildman–Crippen LogP) is 5.99. The summed E-state index contributed by atoms with van der Waals surface area (Å²) >= 11 is 0. The van der Waals surface area contributed by atoms with E-state index in [-0.39, 0.29) is 30.0 Å². The number of amides is 2. The molecule has 8 atom stereocenters. The summed E-state index contributed by atoms with van der Waals surface area (Å²) in [7, 11) is 0. The molecule has 2 unspecified atom stereocenters. The Hall–Kier alpha value is -3.64. The normalized spacial score (nSPS) is 31.8. The number of nitrogens with one attached hydrogen (secondary N) is 1. The van der Waals surface area contributed by atoms with Gasteiger partial charge in [0, 0.05) is 12.0 Å². The number of hydrogen-bond acceptors (Lipinski definition) is 8. The van der Waals surface area contributed by atoms with Gasteiger partial charge in [-0.05, 0) is 73.8 Å².